The highest BCUT2D eigenvalue weighted by atomic mass is 16.7. The summed E-state index contributed by atoms with van der Waals surface area (Å²) in [6.07, 6.45) is 1.97. The van der Waals surface area contributed by atoms with Crippen molar-refractivity contribution >= 4 is 12.7 Å². The first-order valence-electron chi connectivity index (χ1n) is 7.71. The molecule has 1 aromatic carbocycles. The van der Waals surface area contributed by atoms with Gasteiger partial charge in [0.1, 0.15) is 0 Å². The molecule has 0 unspecified atom stereocenters. The lowest BCUT2D eigenvalue weighted by molar-refractivity contribution is 0.00578. The largest absolute Gasteiger partial charge is 0.516 e. The van der Waals surface area contributed by atoms with Crippen LogP contribution in [0, 0.1) is 6.92 Å². The molecule has 1 fully saturated rings. The molecule has 1 aliphatic rings. The molecule has 0 aliphatic carbocycles. The maximum atomic E-state index is 6.03. The Morgan fingerprint density at radius 2 is 1.59 bits per heavy atom. The van der Waals surface area contributed by atoms with Crippen molar-refractivity contribution in [2.75, 3.05) is 0 Å². The normalized spacial score (nSPS) is 19.6. The molecule has 2 aromatic rings. The molecule has 1 aromatic heterocycles. The number of aryl methyl sites for hydroxylation is 1. The number of nitrogens with zero attached hydrogens (tertiary/aromatic N) is 2. The number of hydrogen-bond acceptors (Lipinski definition) is 3. The van der Waals surface area contributed by atoms with Gasteiger partial charge in [0.15, 0.2) is 0 Å². The molecule has 5 heteroatoms. The summed E-state index contributed by atoms with van der Waals surface area (Å²) in [5, 5.41) is 4.61. The molecule has 4 nitrogen and oxygen atoms in total. The lowest BCUT2D eigenvalue weighted by Gasteiger charge is -2.32. The Kier molecular flexibility index (Phi) is 3.65. The Hall–Kier alpha value is -1.59. The van der Waals surface area contributed by atoms with Crippen LogP contribution >= 0.6 is 0 Å². The molecule has 22 heavy (non-hydrogen) atoms. The third-order valence-electron chi connectivity index (χ3n) is 4.62. The fourth-order valence-electron chi connectivity index (χ4n) is 2.44. The number of hydrogen-bond donors (Lipinski definition) is 0. The Morgan fingerprint density at radius 1 is 1.00 bits per heavy atom. The molecule has 0 saturated carbocycles. The molecular weight excluding hydrogens is 275 g/mol. The zero-order chi connectivity index (χ0) is 16.0. The fraction of sp³-hybridized carbons (Fsp3) is 0.471. The van der Waals surface area contributed by atoms with E-state index in [-0.39, 0.29) is 11.2 Å². The van der Waals surface area contributed by atoms with Crippen LogP contribution in [0.1, 0.15) is 38.8 Å². The van der Waals surface area contributed by atoms with Crippen LogP contribution in [-0.2, 0) is 15.9 Å². The molecule has 0 radical (unpaired) electrons. The summed E-state index contributed by atoms with van der Waals surface area (Å²) in [5.41, 5.74) is 2.65. The van der Waals surface area contributed by atoms with Gasteiger partial charge in [-0.25, -0.2) is 0 Å². The monoisotopic (exact) mass is 298 g/mol. The minimum absolute atomic E-state index is 0.335. The van der Waals surface area contributed by atoms with E-state index in [4.69, 9.17) is 9.31 Å². The lowest BCUT2D eigenvalue weighted by Crippen LogP contribution is -2.41. The van der Waals surface area contributed by atoms with Crippen molar-refractivity contribution in [1.29, 1.82) is 0 Å². The van der Waals surface area contributed by atoms with Gasteiger partial charge < -0.3 is 9.31 Å². The van der Waals surface area contributed by atoms with E-state index in [1.807, 2.05) is 16.9 Å². The molecule has 0 spiro atoms. The van der Waals surface area contributed by atoms with Crippen molar-refractivity contribution in [3.05, 3.63) is 47.7 Å². The van der Waals surface area contributed by atoms with E-state index in [0.717, 1.165) is 12.1 Å². The van der Waals surface area contributed by atoms with Crippen LogP contribution in [0.2, 0.25) is 0 Å². The van der Waals surface area contributed by atoms with Gasteiger partial charge in [0.05, 0.1) is 23.3 Å². The van der Waals surface area contributed by atoms with Gasteiger partial charge in [-0.1, -0.05) is 29.8 Å². The van der Waals surface area contributed by atoms with E-state index < -0.39 is 7.12 Å². The van der Waals surface area contributed by atoms with Crippen LogP contribution in [0.4, 0.5) is 0 Å². The standard InChI is InChI=1S/C17H23BN2O2/c1-13-6-8-14(9-7-13)12-20-11-10-15(19-20)18-21-16(2,3)17(4,5)22-18/h6-11H,12H2,1-5H3. The van der Waals surface area contributed by atoms with E-state index >= 15 is 0 Å². The Bertz CT molecular complexity index is 646. The van der Waals surface area contributed by atoms with Gasteiger partial charge >= 0.3 is 7.12 Å². The highest BCUT2D eigenvalue weighted by Gasteiger charge is 2.52. The fourth-order valence-corrected chi connectivity index (χ4v) is 2.44. The average molecular weight is 298 g/mol. The molecule has 1 saturated heterocycles. The van der Waals surface area contributed by atoms with Crippen LogP contribution < -0.4 is 5.59 Å². The van der Waals surface area contributed by atoms with E-state index in [1.54, 1.807) is 0 Å². The molecule has 1 aliphatic heterocycles. The predicted octanol–water partition coefficient (Wildman–Crippen LogP) is 2.54. The summed E-state index contributed by atoms with van der Waals surface area (Å²) >= 11 is 0. The minimum atomic E-state index is -0.399. The third-order valence-corrected chi connectivity index (χ3v) is 4.62. The van der Waals surface area contributed by atoms with Crippen molar-refractivity contribution in [2.24, 2.45) is 0 Å². The van der Waals surface area contributed by atoms with Crippen molar-refractivity contribution in [3.8, 4) is 0 Å². The number of benzene rings is 1. The molecule has 3 rings (SSSR count). The third kappa shape index (κ3) is 2.83. The Morgan fingerprint density at radius 3 is 2.18 bits per heavy atom. The smallest absolute Gasteiger partial charge is 0.398 e. The second-order valence-corrected chi connectivity index (χ2v) is 7.01. The zero-order valence-electron chi connectivity index (χ0n) is 14.0. The van der Waals surface area contributed by atoms with Crippen molar-refractivity contribution in [1.82, 2.24) is 9.78 Å². The highest BCUT2D eigenvalue weighted by Crippen LogP contribution is 2.36. The van der Waals surface area contributed by atoms with Crippen LogP contribution in [0.3, 0.4) is 0 Å². The summed E-state index contributed by atoms with van der Waals surface area (Å²) in [6, 6.07) is 10.5. The van der Waals surface area contributed by atoms with E-state index in [1.165, 1.54) is 11.1 Å². The van der Waals surface area contributed by atoms with E-state index in [9.17, 15) is 0 Å². The summed E-state index contributed by atoms with van der Waals surface area (Å²) in [6.45, 7) is 11.0. The van der Waals surface area contributed by atoms with Gasteiger partial charge in [-0.15, -0.1) is 0 Å². The van der Waals surface area contributed by atoms with E-state index in [2.05, 4.69) is 64.0 Å². The van der Waals surface area contributed by atoms with Crippen molar-refractivity contribution in [3.63, 3.8) is 0 Å². The zero-order valence-corrected chi connectivity index (χ0v) is 14.0. The summed E-state index contributed by atoms with van der Waals surface area (Å²) in [4.78, 5) is 0. The Labute approximate surface area is 132 Å². The second kappa shape index (κ2) is 5.25. The first-order valence-corrected chi connectivity index (χ1v) is 7.71. The first kappa shape index (κ1) is 15.3. The van der Waals surface area contributed by atoms with Gasteiger partial charge in [-0.05, 0) is 46.2 Å². The van der Waals surface area contributed by atoms with Crippen LogP contribution in [0.25, 0.3) is 0 Å². The highest BCUT2D eigenvalue weighted by molar-refractivity contribution is 6.61. The molecule has 0 atom stereocenters. The number of rotatable bonds is 3. The molecular formula is C17H23BN2O2. The number of aromatic nitrogens is 2. The molecule has 116 valence electrons. The topological polar surface area (TPSA) is 36.3 Å². The quantitative estimate of drug-likeness (QED) is 0.817. The summed E-state index contributed by atoms with van der Waals surface area (Å²) in [5.74, 6) is 0. The Balaban J connectivity index is 1.73. The lowest BCUT2D eigenvalue weighted by atomic mass is 9.85. The van der Waals surface area contributed by atoms with Crippen LogP contribution in [-0.4, -0.2) is 28.1 Å². The van der Waals surface area contributed by atoms with Gasteiger partial charge in [0, 0.05) is 6.20 Å². The van der Waals surface area contributed by atoms with Gasteiger partial charge in [0.2, 0.25) is 0 Å². The maximum Gasteiger partial charge on any atom is 0.516 e. The molecule has 0 N–H and O–H groups in total. The molecule has 0 amide bonds. The predicted molar refractivity (Wildman–Crippen MR) is 88.2 cm³/mol. The van der Waals surface area contributed by atoms with Gasteiger partial charge in [0.25, 0.3) is 0 Å². The van der Waals surface area contributed by atoms with E-state index in [0.29, 0.717) is 0 Å². The molecule has 0 bridgehead atoms. The molecule has 2 heterocycles. The summed E-state index contributed by atoms with van der Waals surface area (Å²) in [7, 11) is -0.399. The SMILES string of the molecule is Cc1ccc(Cn2ccc(B3OC(C)(C)C(C)(C)O3)n2)cc1. The van der Waals surface area contributed by atoms with Gasteiger partial charge in [-0.3, -0.25) is 4.68 Å². The van der Waals surface area contributed by atoms with Crippen molar-refractivity contribution < 1.29 is 9.31 Å². The van der Waals surface area contributed by atoms with Crippen LogP contribution in [0.15, 0.2) is 36.5 Å². The van der Waals surface area contributed by atoms with Crippen LogP contribution in [0.5, 0.6) is 0 Å². The van der Waals surface area contributed by atoms with Crippen molar-refractivity contribution in [2.45, 2.75) is 52.4 Å². The second-order valence-electron chi connectivity index (χ2n) is 7.01. The summed E-state index contributed by atoms with van der Waals surface area (Å²) < 4.78 is 14.0. The van der Waals surface area contributed by atoms with Gasteiger partial charge in [-0.2, -0.15) is 5.10 Å². The average Bonchev–Trinajstić information content (AvgIpc) is 2.96. The first-order chi connectivity index (χ1) is 10.3. The maximum absolute atomic E-state index is 6.03. The minimum Gasteiger partial charge on any atom is -0.398 e.